The van der Waals surface area contributed by atoms with Crippen molar-refractivity contribution in [2.24, 2.45) is 0 Å². The van der Waals surface area contributed by atoms with Gasteiger partial charge in [0.15, 0.2) is 0 Å². The van der Waals surface area contributed by atoms with Crippen LogP contribution in [0.2, 0.25) is 0 Å². The van der Waals surface area contributed by atoms with Crippen LogP contribution in [0.3, 0.4) is 0 Å². The molecule has 0 atom stereocenters. The lowest BCUT2D eigenvalue weighted by Crippen LogP contribution is -2.04. The maximum absolute atomic E-state index is 5.69. The molecule has 0 spiro atoms. The lowest BCUT2D eigenvalue weighted by molar-refractivity contribution is 0.441. The third-order valence-corrected chi connectivity index (χ3v) is 3.77. The van der Waals surface area contributed by atoms with Crippen LogP contribution < -0.4 is 4.74 Å². The monoisotopic (exact) mass is 252 g/mol. The van der Waals surface area contributed by atoms with Crippen LogP contribution in [0.15, 0.2) is 42.6 Å². The number of hydrogen-bond acceptors (Lipinski definition) is 2. The summed E-state index contributed by atoms with van der Waals surface area (Å²) < 4.78 is 5.69. The fourth-order valence-corrected chi connectivity index (χ4v) is 2.73. The minimum absolute atomic E-state index is 0.615. The molecule has 1 aromatic carbocycles. The van der Waals surface area contributed by atoms with Gasteiger partial charge in [0.2, 0.25) is 5.88 Å². The van der Waals surface area contributed by atoms with Gasteiger partial charge in [-0.25, -0.2) is 4.98 Å². The van der Waals surface area contributed by atoms with E-state index in [2.05, 4.69) is 23.2 Å². The Hall–Kier alpha value is -1.83. The van der Waals surface area contributed by atoms with E-state index >= 15 is 0 Å². The van der Waals surface area contributed by atoms with E-state index in [1.54, 1.807) is 12.3 Å². The number of benzene rings is 1. The molecular weight excluding hydrogens is 234 g/mol. The molecule has 2 aromatic rings. The molecule has 1 radical (unpaired) electrons. The Bertz CT molecular complexity index is 501. The molecule has 0 N–H and O–H groups in total. The zero-order chi connectivity index (χ0) is 12.9. The Morgan fingerprint density at radius 3 is 2.47 bits per heavy atom. The summed E-state index contributed by atoms with van der Waals surface area (Å²) in [4.78, 5) is 4.11. The van der Waals surface area contributed by atoms with Crippen LogP contribution >= 0.6 is 0 Å². The SMILES string of the molecule is [c]1ccc(Oc2ccc(C3CCCCC3)cc2)nc1. The van der Waals surface area contributed by atoms with Crippen molar-refractivity contribution in [3.63, 3.8) is 0 Å². The minimum atomic E-state index is 0.615. The largest absolute Gasteiger partial charge is 0.439 e. The standard InChI is InChI=1S/C17H18NO/c1-2-6-14(7-3-1)15-9-11-16(12-10-15)19-17-8-4-5-13-18-17/h4,8-14H,1-3,6-7H2. The van der Waals surface area contributed by atoms with E-state index in [0.717, 1.165) is 11.7 Å². The zero-order valence-corrected chi connectivity index (χ0v) is 11.0. The van der Waals surface area contributed by atoms with E-state index < -0.39 is 0 Å². The van der Waals surface area contributed by atoms with E-state index in [9.17, 15) is 0 Å². The first-order chi connectivity index (χ1) is 9.42. The zero-order valence-electron chi connectivity index (χ0n) is 11.0. The second-order valence-electron chi connectivity index (χ2n) is 5.10. The highest BCUT2D eigenvalue weighted by molar-refractivity contribution is 5.32. The lowest BCUT2D eigenvalue weighted by atomic mass is 9.84. The van der Waals surface area contributed by atoms with Crippen molar-refractivity contribution >= 4 is 0 Å². The topological polar surface area (TPSA) is 22.1 Å². The molecule has 1 aliphatic carbocycles. The quantitative estimate of drug-likeness (QED) is 0.788. The van der Waals surface area contributed by atoms with E-state index in [4.69, 9.17) is 4.74 Å². The van der Waals surface area contributed by atoms with E-state index in [0.29, 0.717) is 5.88 Å². The maximum atomic E-state index is 5.69. The molecule has 1 aliphatic rings. The average Bonchev–Trinajstić information content (AvgIpc) is 2.50. The average molecular weight is 252 g/mol. The Kier molecular flexibility index (Phi) is 3.78. The van der Waals surface area contributed by atoms with Crippen molar-refractivity contribution < 1.29 is 4.74 Å². The van der Waals surface area contributed by atoms with E-state index in [1.165, 1.54) is 37.7 Å². The summed E-state index contributed by atoms with van der Waals surface area (Å²) >= 11 is 0. The van der Waals surface area contributed by atoms with Crippen LogP contribution in [0.4, 0.5) is 0 Å². The number of pyridine rings is 1. The van der Waals surface area contributed by atoms with Gasteiger partial charge in [-0.3, -0.25) is 0 Å². The van der Waals surface area contributed by atoms with E-state index in [1.807, 2.05) is 18.2 Å². The summed E-state index contributed by atoms with van der Waals surface area (Å²) in [6, 6.07) is 15.0. The first-order valence-corrected chi connectivity index (χ1v) is 7.02. The fraction of sp³-hybridized carbons (Fsp3) is 0.353. The molecule has 3 rings (SSSR count). The van der Waals surface area contributed by atoms with Crippen LogP contribution in [-0.2, 0) is 0 Å². The normalized spacial score (nSPS) is 16.2. The lowest BCUT2D eigenvalue weighted by Gasteiger charge is -2.22. The second kappa shape index (κ2) is 5.87. The molecule has 1 aromatic heterocycles. The highest BCUT2D eigenvalue weighted by Crippen LogP contribution is 2.33. The highest BCUT2D eigenvalue weighted by Gasteiger charge is 2.15. The van der Waals surface area contributed by atoms with Crippen LogP contribution in [-0.4, -0.2) is 4.98 Å². The Balaban J connectivity index is 1.68. The molecule has 1 heterocycles. The van der Waals surface area contributed by atoms with Crippen molar-refractivity contribution in [2.45, 2.75) is 38.0 Å². The first-order valence-electron chi connectivity index (χ1n) is 7.02. The van der Waals surface area contributed by atoms with Crippen molar-refractivity contribution in [1.29, 1.82) is 0 Å². The summed E-state index contributed by atoms with van der Waals surface area (Å²) in [6.45, 7) is 0. The molecule has 0 bridgehead atoms. The highest BCUT2D eigenvalue weighted by atomic mass is 16.5. The van der Waals surface area contributed by atoms with Crippen molar-refractivity contribution in [3.8, 4) is 11.6 Å². The van der Waals surface area contributed by atoms with Gasteiger partial charge in [-0.1, -0.05) is 31.4 Å². The second-order valence-corrected chi connectivity index (χ2v) is 5.10. The number of ether oxygens (including phenoxy) is 1. The molecule has 97 valence electrons. The molecule has 1 fully saturated rings. The summed E-state index contributed by atoms with van der Waals surface area (Å²) in [7, 11) is 0. The van der Waals surface area contributed by atoms with Gasteiger partial charge in [-0.2, -0.15) is 0 Å². The van der Waals surface area contributed by atoms with Crippen molar-refractivity contribution in [3.05, 3.63) is 54.2 Å². The third-order valence-electron chi connectivity index (χ3n) is 3.77. The smallest absolute Gasteiger partial charge is 0.219 e. The molecule has 2 nitrogen and oxygen atoms in total. The number of rotatable bonds is 3. The predicted octanol–water partition coefficient (Wildman–Crippen LogP) is 4.72. The minimum Gasteiger partial charge on any atom is -0.439 e. The third kappa shape index (κ3) is 3.14. The summed E-state index contributed by atoms with van der Waals surface area (Å²) in [6.07, 6.45) is 8.41. The Morgan fingerprint density at radius 1 is 1.00 bits per heavy atom. The van der Waals surface area contributed by atoms with Gasteiger partial charge in [-0.05, 0) is 42.5 Å². The summed E-state index contributed by atoms with van der Waals surface area (Å²) in [5.74, 6) is 2.20. The predicted molar refractivity (Wildman–Crippen MR) is 75.4 cm³/mol. The molecule has 2 heteroatoms. The van der Waals surface area contributed by atoms with Gasteiger partial charge >= 0.3 is 0 Å². The van der Waals surface area contributed by atoms with Gasteiger partial charge < -0.3 is 4.74 Å². The summed E-state index contributed by atoms with van der Waals surface area (Å²) in [5.41, 5.74) is 1.45. The molecule has 0 aliphatic heterocycles. The first kappa shape index (κ1) is 12.2. The molecule has 0 saturated heterocycles. The summed E-state index contributed by atoms with van der Waals surface area (Å²) in [5, 5.41) is 0. The Morgan fingerprint density at radius 2 is 1.79 bits per heavy atom. The fourth-order valence-electron chi connectivity index (χ4n) is 2.73. The molecule has 0 amide bonds. The number of hydrogen-bond donors (Lipinski definition) is 0. The van der Waals surface area contributed by atoms with Crippen molar-refractivity contribution in [1.82, 2.24) is 4.98 Å². The Labute approximate surface area is 114 Å². The van der Waals surface area contributed by atoms with Gasteiger partial charge in [0, 0.05) is 18.3 Å². The van der Waals surface area contributed by atoms with Crippen LogP contribution in [0.25, 0.3) is 0 Å². The molecule has 0 unspecified atom stereocenters. The number of nitrogens with zero attached hydrogens (tertiary/aromatic N) is 1. The van der Waals surface area contributed by atoms with Crippen molar-refractivity contribution in [2.75, 3.05) is 0 Å². The van der Waals surface area contributed by atoms with Gasteiger partial charge in [0.05, 0.1) is 0 Å². The van der Waals surface area contributed by atoms with Gasteiger partial charge in [0.1, 0.15) is 5.75 Å². The number of aromatic nitrogens is 1. The molecule has 1 saturated carbocycles. The molecule has 19 heavy (non-hydrogen) atoms. The van der Waals surface area contributed by atoms with Gasteiger partial charge in [-0.15, -0.1) is 0 Å². The van der Waals surface area contributed by atoms with E-state index in [-0.39, 0.29) is 0 Å². The van der Waals surface area contributed by atoms with Gasteiger partial charge in [0.25, 0.3) is 0 Å². The van der Waals surface area contributed by atoms with Crippen LogP contribution in [0.5, 0.6) is 11.6 Å². The van der Waals surface area contributed by atoms with Crippen LogP contribution in [0, 0.1) is 6.07 Å². The molecular formula is C17H18NO. The maximum Gasteiger partial charge on any atom is 0.219 e. The van der Waals surface area contributed by atoms with Crippen LogP contribution in [0.1, 0.15) is 43.6 Å².